The number of methoxy groups -OCH3 is 4. The van der Waals surface area contributed by atoms with Gasteiger partial charge in [0.1, 0.15) is 17.2 Å². The van der Waals surface area contributed by atoms with E-state index in [1.807, 2.05) is 48.5 Å². The van der Waals surface area contributed by atoms with Crippen LogP contribution in [0.2, 0.25) is 0 Å². The standard InChI is InChI=1S/C32H32O8/c1-36-21-11-6-18(7-12-21)5-10-20-16-25(33)31(38-3)27-23(15-19-8-13-22(37-2)14-9-19)24-17-26(34)32(39-4)28(35)30(24)40-29(20)27/h6-9,11-14,16-17,23,33-35H,5,10,15H2,1-4H3/t23-/m1/s1. The summed E-state index contributed by atoms with van der Waals surface area (Å²) in [6.07, 6.45) is 1.69. The number of phenols is 3. The molecule has 1 atom stereocenters. The van der Waals surface area contributed by atoms with E-state index in [1.165, 1.54) is 20.3 Å². The highest BCUT2D eigenvalue weighted by molar-refractivity contribution is 5.71. The van der Waals surface area contributed by atoms with Crippen LogP contribution in [-0.4, -0.2) is 43.8 Å². The van der Waals surface area contributed by atoms with Gasteiger partial charge in [-0.1, -0.05) is 24.3 Å². The summed E-state index contributed by atoms with van der Waals surface area (Å²) >= 11 is 0. The second kappa shape index (κ2) is 11.2. The lowest BCUT2D eigenvalue weighted by Crippen LogP contribution is -2.16. The fourth-order valence-corrected chi connectivity index (χ4v) is 5.29. The molecule has 8 heteroatoms. The molecule has 4 aromatic carbocycles. The van der Waals surface area contributed by atoms with Crippen molar-refractivity contribution in [2.24, 2.45) is 0 Å². The lowest BCUT2D eigenvalue weighted by Gasteiger charge is -2.32. The predicted molar refractivity (Wildman–Crippen MR) is 150 cm³/mol. The molecule has 4 aromatic rings. The van der Waals surface area contributed by atoms with Crippen molar-refractivity contribution in [2.45, 2.75) is 25.2 Å². The number of aromatic hydroxyl groups is 3. The third-order valence-corrected chi connectivity index (χ3v) is 7.32. The van der Waals surface area contributed by atoms with Gasteiger partial charge in [-0.2, -0.15) is 0 Å². The van der Waals surface area contributed by atoms with Gasteiger partial charge in [0.25, 0.3) is 0 Å². The summed E-state index contributed by atoms with van der Waals surface area (Å²) in [5, 5.41) is 32.9. The van der Waals surface area contributed by atoms with Gasteiger partial charge in [-0.25, -0.2) is 0 Å². The van der Waals surface area contributed by atoms with Crippen LogP contribution in [0.25, 0.3) is 0 Å². The third kappa shape index (κ3) is 4.88. The predicted octanol–water partition coefficient (Wildman–Crippen LogP) is 6.10. The zero-order chi connectivity index (χ0) is 28.4. The molecule has 8 nitrogen and oxygen atoms in total. The van der Waals surface area contributed by atoms with Gasteiger partial charge in [-0.3, -0.25) is 0 Å². The molecule has 0 radical (unpaired) electrons. The molecule has 40 heavy (non-hydrogen) atoms. The van der Waals surface area contributed by atoms with Gasteiger partial charge in [0.05, 0.1) is 28.4 Å². The van der Waals surface area contributed by atoms with Crippen LogP contribution in [0.3, 0.4) is 0 Å². The first-order chi connectivity index (χ1) is 19.4. The first kappa shape index (κ1) is 26.9. The van der Waals surface area contributed by atoms with Crippen LogP contribution in [-0.2, 0) is 19.3 Å². The molecule has 0 unspecified atom stereocenters. The normalized spacial score (nSPS) is 13.6. The molecule has 5 rings (SSSR count). The van der Waals surface area contributed by atoms with E-state index < -0.39 is 5.92 Å². The lowest BCUT2D eigenvalue weighted by molar-refractivity contribution is 0.320. The zero-order valence-electron chi connectivity index (χ0n) is 22.9. The van der Waals surface area contributed by atoms with Crippen LogP contribution in [0.5, 0.6) is 51.7 Å². The van der Waals surface area contributed by atoms with E-state index in [2.05, 4.69) is 0 Å². The van der Waals surface area contributed by atoms with Crippen LogP contribution >= 0.6 is 0 Å². The molecule has 0 spiro atoms. The molecule has 3 N–H and O–H groups in total. The fraction of sp³-hybridized carbons (Fsp3) is 0.250. The van der Waals surface area contributed by atoms with Crippen LogP contribution < -0.4 is 23.7 Å². The van der Waals surface area contributed by atoms with Crippen LogP contribution in [0, 0.1) is 0 Å². The molecule has 1 aliphatic rings. The van der Waals surface area contributed by atoms with E-state index in [0.29, 0.717) is 36.1 Å². The first-order valence-electron chi connectivity index (χ1n) is 12.9. The summed E-state index contributed by atoms with van der Waals surface area (Å²) in [6.45, 7) is 0. The molecule has 1 aliphatic heterocycles. The number of aryl methyl sites for hydroxylation is 2. The van der Waals surface area contributed by atoms with Crippen molar-refractivity contribution in [2.75, 3.05) is 28.4 Å². The molecule has 0 bridgehead atoms. The average Bonchev–Trinajstić information content (AvgIpc) is 2.97. The van der Waals surface area contributed by atoms with E-state index >= 15 is 0 Å². The summed E-state index contributed by atoms with van der Waals surface area (Å²) in [7, 11) is 6.10. The van der Waals surface area contributed by atoms with Gasteiger partial charge in [0.2, 0.25) is 11.5 Å². The monoisotopic (exact) mass is 544 g/mol. The van der Waals surface area contributed by atoms with E-state index in [0.717, 1.165) is 28.2 Å². The Balaban J connectivity index is 1.64. The second-order valence-electron chi connectivity index (χ2n) is 9.58. The zero-order valence-corrected chi connectivity index (χ0v) is 22.9. The Morgan fingerprint density at radius 2 is 1.23 bits per heavy atom. The number of phenolic OH excluding ortho intramolecular Hbond substituents is 3. The summed E-state index contributed by atoms with van der Waals surface area (Å²) in [5.74, 6) is 1.44. The molecule has 0 aromatic heterocycles. The number of benzene rings is 4. The number of rotatable bonds is 9. The van der Waals surface area contributed by atoms with Crippen molar-refractivity contribution >= 4 is 0 Å². The molecule has 0 saturated heterocycles. The van der Waals surface area contributed by atoms with E-state index in [4.69, 9.17) is 23.7 Å². The van der Waals surface area contributed by atoms with Crippen molar-refractivity contribution in [3.8, 4) is 51.7 Å². The molecule has 1 heterocycles. The van der Waals surface area contributed by atoms with Gasteiger partial charge in [-0.05, 0) is 72.4 Å². The van der Waals surface area contributed by atoms with E-state index in [-0.39, 0.29) is 34.5 Å². The van der Waals surface area contributed by atoms with Crippen molar-refractivity contribution in [1.29, 1.82) is 0 Å². The number of hydrogen-bond donors (Lipinski definition) is 3. The Kier molecular flexibility index (Phi) is 7.51. The molecule has 0 amide bonds. The molecule has 208 valence electrons. The van der Waals surface area contributed by atoms with Crippen LogP contribution in [0.15, 0.2) is 60.7 Å². The third-order valence-electron chi connectivity index (χ3n) is 7.32. The largest absolute Gasteiger partial charge is 0.504 e. The number of ether oxygens (including phenoxy) is 5. The maximum absolute atomic E-state index is 11.1. The average molecular weight is 545 g/mol. The Bertz CT molecular complexity index is 1510. The van der Waals surface area contributed by atoms with Crippen LogP contribution in [0.1, 0.15) is 33.7 Å². The quantitative estimate of drug-likeness (QED) is 0.232. The molecular formula is C32H32O8. The first-order valence-corrected chi connectivity index (χ1v) is 12.9. The maximum atomic E-state index is 11.1. The van der Waals surface area contributed by atoms with Crippen molar-refractivity contribution in [3.05, 3.63) is 88.5 Å². The minimum Gasteiger partial charge on any atom is -0.504 e. The highest BCUT2D eigenvalue weighted by Gasteiger charge is 2.37. The highest BCUT2D eigenvalue weighted by Crippen LogP contribution is 2.59. The minimum absolute atomic E-state index is 0.0142. The Morgan fingerprint density at radius 1 is 0.650 bits per heavy atom. The van der Waals surface area contributed by atoms with Crippen molar-refractivity contribution in [1.82, 2.24) is 0 Å². The summed E-state index contributed by atoms with van der Waals surface area (Å²) in [5.41, 5.74) is 4.00. The molecule has 0 aliphatic carbocycles. The highest BCUT2D eigenvalue weighted by atomic mass is 16.5. The molecular weight excluding hydrogens is 512 g/mol. The summed E-state index contributed by atoms with van der Waals surface area (Å²) in [6, 6.07) is 18.6. The lowest BCUT2D eigenvalue weighted by atomic mass is 9.81. The van der Waals surface area contributed by atoms with E-state index in [9.17, 15) is 15.3 Å². The number of hydrogen-bond acceptors (Lipinski definition) is 8. The topological polar surface area (TPSA) is 107 Å². The number of fused-ring (bicyclic) bond motifs is 2. The Hall–Kier alpha value is -4.72. The second-order valence-corrected chi connectivity index (χ2v) is 9.58. The van der Waals surface area contributed by atoms with Crippen molar-refractivity contribution < 1.29 is 39.0 Å². The molecule has 0 saturated carbocycles. The van der Waals surface area contributed by atoms with Gasteiger partial charge >= 0.3 is 0 Å². The van der Waals surface area contributed by atoms with Crippen LogP contribution in [0.4, 0.5) is 0 Å². The van der Waals surface area contributed by atoms with E-state index in [1.54, 1.807) is 20.3 Å². The summed E-state index contributed by atoms with van der Waals surface area (Å²) in [4.78, 5) is 0. The summed E-state index contributed by atoms with van der Waals surface area (Å²) < 4.78 is 27.9. The minimum atomic E-state index is -0.434. The van der Waals surface area contributed by atoms with Gasteiger partial charge in [-0.15, -0.1) is 0 Å². The fourth-order valence-electron chi connectivity index (χ4n) is 5.29. The smallest absolute Gasteiger partial charge is 0.206 e. The Morgan fingerprint density at radius 3 is 1.80 bits per heavy atom. The van der Waals surface area contributed by atoms with Gasteiger partial charge in [0.15, 0.2) is 23.0 Å². The van der Waals surface area contributed by atoms with Crippen molar-refractivity contribution in [3.63, 3.8) is 0 Å². The maximum Gasteiger partial charge on any atom is 0.206 e. The Labute approximate surface area is 232 Å². The van der Waals surface area contributed by atoms with Gasteiger partial charge < -0.3 is 39.0 Å². The van der Waals surface area contributed by atoms with Gasteiger partial charge in [0, 0.05) is 17.0 Å². The SMILES string of the molecule is COc1ccc(CCc2cc(O)c(OC)c3c2Oc2c(cc(O)c(OC)c2O)[C@H]3Cc2ccc(OC)cc2)cc1. The molecule has 0 fully saturated rings.